The number of hydrogen-bond acceptors (Lipinski definition) is 5. The first-order valence-corrected chi connectivity index (χ1v) is 6.26. The molecule has 0 bridgehead atoms. The maximum Gasteiger partial charge on any atom is 0.200 e. The number of anilines is 1. The van der Waals surface area contributed by atoms with Gasteiger partial charge in [-0.25, -0.2) is 0 Å². The highest BCUT2D eigenvalue weighted by Crippen LogP contribution is 2.34. The highest BCUT2D eigenvalue weighted by atomic mass is 32.1. The van der Waals surface area contributed by atoms with E-state index in [2.05, 4.69) is 42.3 Å². The van der Waals surface area contributed by atoms with Crippen LogP contribution < -0.4 is 5.73 Å². The fraction of sp³-hybridized carbons (Fsp3) is 0.400. The monoisotopic (exact) mass is 239 g/mol. The molecule has 0 spiro atoms. The topological polar surface area (TPSA) is 51.8 Å². The van der Waals surface area contributed by atoms with Gasteiger partial charge < -0.3 is 5.73 Å². The van der Waals surface area contributed by atoms with E-state index in [1.807, 2.05) is 0 Å². The zero-order chi connectivity index (χ0) is 11.1. The first kappa shape index (κ1) is 10.6. The molecule has 0 aromatic carbocycles. The van der Waals surface area contributed by atoms with Gasteiger partial charge in [0.25, 0.3) is 0 Å². The lowest BCUT2D eigenvalue weighted by atomic mass is 9.95. The average molecular weight is 239 g/mol. The lowest BCUT2D eigenvalue weighted by molar-refractivity contribution is 0.604. The SMILES string of the molecule is CC(C)(C)c1ccc(-c2nsc(N)n2)s1. The summed E-state index contributed by atoms with van der Waals surface area (Å²) >= 11 is 2.97. The van der Waals surface area contributed by atoms with Gasteiger partial charge in [-0.1, -0.05) is 20.8 Å². The largest absolute Gasteiger partial charge is 0.374 e. The van der Waals surface area contributed by atoms with E-state index in [-0.39, 0.29) is 5.41 Å². The Kier molecular flexibility index (Phi) is 2.52. The molecule has 2 aromatic rings. The molecule has 0 aliphatic heterocycles. The Labute approximate surface area is 97.1 Å². The van der Waals surface area contributed by atoms with Crippen LogP contribution >= 0.6 is 22.9 Å². The van der Waals surface area contributed by atoms with E-state index in [4.69, 9.17) is 5.73 Å². The van der Waals surface area contributed by atoms with Crippen molar-refractivity contribution in [2.24, 2.45) is 0 Å². The molecule has 5 heteroatoms. The van der Waals surface area contributed by atoms with Gasteiger partial charge in [0.15, 0.2) is 11.0 Å². The van der Waals surface area contributed by atoms with Gasteiger partial charge in [0, 0.05) is 16.4 Å². The fourth-order valence-electron chi connectivity index (χ4n) is 1.20. The van der Waals surface area contributed by atoms with Crippen LogP contribution in [0.3, 0.4) is 0 Å². The van der Waals surface area contributed by atoms with Crippen molar-refractivity contribution in [2.45, 2.75) is 26.2 Å². The molecule has 0 atom stereocenters. The second-order valence-electron chi connectivity index (χ2n) is 4.37. The molecule has 0 amide bonds. The Morgan fingerprint density at radius 1 is 1.27 bits per heavy atom. The minimum atomic E-state index is 0.185. The first-order chi connectivity index (χ1) is 6.97. The molecule has 0 saturated heterocycles. The molecule has 2 aromatic heterocycles. The van der Waals surface area contributed by atoms with Crippen molar-refractivity contribution < 1.29 is 0 Å². The van der Waals surface area contributed by atoms with Crippen molar-refractivity contribution in [2.75, 3.05) is 5.73 Å². The van der Waals surface area contributed by atoms with Crippen molar-refractivity contribution in [3.8, 4) is 10.7 Å². The molecule has 2 heterocycles. The Balaban J connectivity index is 2.36. The molecule has 0 unspecified atom stereocenters. The smallest absolute Gasteiger partial charge is 0.200 e. The summed E-state index contributed by atoms with van der Waals surface area (Å²) in [5, 5.41) is 0.524. The van der Waals surface area contributed by atoms with Crippen LogP contribution in [0.2, 0.25) is 0 Å². The Bertz CT molecular complexity index is 465. The Morgan fingerprint density at radius 2 is 2.00 bits per heavy atom. The number of aromatic nitrogens is 2. The molecular formula is C10H13N3S2. The van der Waals surface area contributed by atoms with Gasteiger partial charge in [-0.3, -0.25) is 0 Å². The summed E-state index contributed by atoms with van der Waals surface area (Å²) in [6.07, 6.45) is 0. The summed E-state index contributed by atoms with van der Waals surface area (Å²) in [6.45, 7) is 6.60. The van der Waals surface area contributed by atoms with E-state index >= 15 is 0 Å². The summed E-state index contributed by atoms with van der Waals surface area (Å²) < 4.78 is 4.20. The molecular weight excluding hydrogens is 226 g/mol. The third-order valence-corrected chi connectivity index (χ3v) is 4.06. The van der Waals surface area contributed by atoms with Crippen LogP contribution in [-0.2, 0) is 5.41 Å². The second kappa shape index (κ2) is 3.57. The minimum Gasteiger partial charge on any atom is -0.374 e. The van der Waals surface area contributed by atoms with E-state index in [9.17, 15) is 0 Å². The predicted molar refractivity (Wildman–Crippen MR) is 66.3 cm³/mol. The summed E-state index contributed by atoms with van der Waals surface area (Å²) in [7, 11) is 0. The van der Waals surface area contributed by atoms with E-state index in [1.54, 1.807) is 11.3 Å². The van der Waals surface area contributed by atoms with E-state index in [1.165, 1.54) is 16.4 Å². The number of hydrogen-bond donors (Lipinski definition) is 1. The summed E-state index contributed by atoms with van der Waals surface area (Å²) in [5.74, 6) is 0.748. The summed E-state index contributed by atoms with van der Waals surface area (Å²) in [6, 6.07) is 4.20. The summed E-state index contributed by atoms with van der Waals surface area (Å²) in [4.78, 5) is 6.60. The van der Waals surface area contributed by atoms with Crippen LogP contribution in [0.25, 0.3) is 10.7 Å². The molecule has 0 fully saturated rings. The highest BCUT2D eigenvalue weighted by Gasteiger charge is 2.17. The first-order valence-electron chi connectivity index (χ1n) is 4.67. The molecule has 3 nitrogen and oxygen atoms in total. The van der Waals surface area contributed by atoms with Gasteiger partial charge in [0.2, 0.25) is 0 Å². The minimum absolute atomic E-state index is 0.185. The molecule has 2 N–H and O–H groups in total. The van der Waals surface area contributed by atoms with Crippen molar-refractivity contribution in [1.29, 1.82) is 0 Å². The second-order valence-corrected chi connectivity index (χ2v) is 6.24. The van der Waals surface area contributed by atoms with E-state index in [0.717, 1.165) is 10.7 Å². The molecule has 0 saturated carbocycles. The lowest BCUT2D eigenvalue weighted by Crippen LogP contribution is -2.07. The normalized spacial score (nSPS) is 11.9. The Hall–Kier alpha value is -0.940. The van der Waals surface area contributed by atoms with Crippen molar-refractivity contribution in [3.05, 3.63) is 17.0 Å². The van der Waals surface area contributed by atoms with Gasteiger partial charge in [-0.05, 0) is 17.5 Å². The quantitative estimate of drug-likeness (QED) is 0.831. The van der Waals surface area contributed by atoms with Gasteiger partial charge >= 0.3 is 0 Å². The predicted octanol–water partition coefficient (Wildman–Crippen LogP) is 3.15. The maximum atomic E-state index is 5.56. The van der Waals surface area contributed by atoms with Gasteiger partial charge in [-0.2, -0.15) is 9.36 Å². The van der Waals surface area contributed by atoms with Crippen LogP contribution in [0.4, 0.5) is 5.13 Å². The van der Waals surface area contributed by atoms with Crippen LogP contribution in [-0.4, -0.2) is 9.36 Å². The maximum absolute atomic E-state index is 5.56. The molecule has 2 rings (SSSR count). The third-order valence-electron chi connectivity index (χ3n) is 2.01. The highest BCUT2D eigenvalue weighted by molar-refractivity contribution is 7.16. The molecule has 0 aliphatic carbocycles. The lowest BCUT2D eigenvalue weighted by Gasteiger charge is -2.15. The van der Waals surface area contributed by atoms with Crippen molar-refractivity contribution >= 4 is 28.0 Å². The van der Waals surface area contributed by atoms with Gasteiger partial charge in [0.1, 0.15) is 0 Å². The van der Waals surface area contributed by atoms with Crippen molar-refractivity contribution in [3.63, 3.8) is 0 Å². The third kappa shape index (κ3) is 2.18. The van der Waals surface area contributed by atoms with Crippen molar-refractivity contribution in [1.82, 2.24) is 9.36 Å². The standard InChI is InChI=1S/C10H13N3S2/c1-10(2,3)7-5-4-6(14-7)8-12-9(11)15-13-8/h4-5H,1-3H3,(H2,11,12,13). The fourth-order valence-corrected chi connectivity index (χ4v) is 2.70. The number of thiophene rings is 1. The van der Waals surface area contributed by atoms with E-state index < -0.39 is 0 Å². The average Bonchev–Trinajstić information content (AvgIpc) is 2.69. The summed E-state index contributed by atoms with van der Waals surface area (Å²) in [5.41, 5.74) is 5.74. The van der Waals surface area contributed by atoms with Crippen LogP contribution in [0.15, 0.2) is 12.1 Å². The molecule has 0 aliphatic rings. The number of rotatable bonds is 1. The van der Waals surface area contributed by atoms with Crippen LogP contribution in [0, 0.1) is 0 Å². The zero-order valence-corrected chi connectivity index (χ0v) is 10.6. The molecule has 15 heavy (non-hydrogen) atoms. The van der Waals surface area contributed by atoms with Crippen LogP contribution in [0.1, 0.15) is 25.6 Å². The van der Waals surface area contributed by atoms with Gasteiger partial charge in [-0.15, -0.1) is 11.3 Å². The molecule has 0 radical (unpaired) electrons. The molecule has 80 valence electrons. The zero-order valence-electron chi connectivity index (χ0n) is 8.94. The van der Waals surface area contributed by atoms with Gasteiger partial charge in [0.05, 0.1) is 4.88 Å². The van der Waals surface area contributed by atoms with Crippen LogP contribution in [0.5, 0.6) is 0 Å². The number of nitrogen functional groups attached to an aromatic ring is 1. The van der Waals surface area contributed by atoms with E-state index in [0.29, 0.717) is 5.13 Å². The number of nitrogens with two attached hydrogens (primary N) is 1. The number of nitrogens with zero attached hydrogens (tertiary/aromatic N) is 2. The Morgan fingerprint density at radius 3 is 2.47 bits per heavy atom.